The van der Waals surface area contributed by atoms with Gasteiger partial charge in [-0.1, -0.05) is 11.6 Å². The number of hydrogen-bond acceptors (Lipinski definition) is 1. The van der Waals surface area contributed by atoms with E-state index < -0.39 is 11.6 Å². The Labute approximate surface area is 85.9 Å². The van der Waals surface area contributed by atoms with E-state index in [-0.39, 0.29) is 16.1 Å². The van der Waals surface area contributed by atoms with Crippen LogP contribution in [0.5, 0.6) is 0 Å². The predicted octanol–water partition coefficient (Wildman–Crippen LogP) is 2.65. The highest BCUT2D eigenvalue weighted by Crippen LogP contribution is 2.38. The van der Waals surface area contributed by atoms with E-state index in [1.54, 1.807) is 0 Å². The molecule has 1 fully saturated rings. The van der Waals surface area contributed by atoms with Gasteiger partial charge < -0.3 is 5.73 Å². The van der Waals surface area contributed by atoms with Crippen LogP contribution in [0.3, 0.4) is 0 Å². The van der Waals surface area contributed by atoms with Crippen molar-refractivity contribution in [3.8, 4) is 0 Å². The fourth-order valence-corrected chi connectivity index (χ4v) is 1.64. The second kappa shape index (κ2) is 3.17. The van der Waals surface area contributed by atoms with Gasteiger partial charge in [0.2, 0.25) is 0 Å². The highest BCUT2D eigenvalue weighted by Gasteiger charge is 2.39. The second-order valence-corrected chi connectivity index (χ2v) is 4.24. The molecule has 1 aliphatic carbocycles. The van der Waals surface area contributed by atoms with Crippen LogP contribution >= 0.6 is 11.6 Å². The van der Waals surface area contributed by atoms with E-state index in [4.69, 9.17) is 17.3 Å². The Morgan fingerprint density at radius 3 is 2.43 bits per heavy atom. The molecule has 0 radical (unpaired) electrons. The van der Waals surface area contributed by atoms with Crippen molar-refractivity contribution in [1.29, 1.82) is 0 Å². The summed E-state index contributed by atoms with van der Waals surface area (Å²) in [6, 6.07) is 2.11. The molecule has 1 aromatic rings. The summed E-state index contributed by atoms with van der Waals surface area (Å²) in [6.45, 7) is 0. The maximum absolute atomic E-state index is 13.3. The normalized spacial score (nSPS) is 18.3. The molecule has 0 aliphatic heterocycles. The summed E-state index contributed by atoms with van der Waals surface area (Å²) in [4.78, 5) is 0. The molecule has 0 amide bonds. The molecule has 1 nitrogen and oxygen atoms in total. The van der Waals surface area contributed by atoms with Crippen molar-refractivity contribution in [2.75, 3.05) is 0 Å². The molecule has 1 saturated carbocycles. The van der Waals surface area contributed by atoms with Crippen LogP contribution in [0.25, 0.3) is 0 Å². The third kappa shape index (κ3) is 1.74. The summed E-state index contributed by atoms with van der Waals surface area (Å²) in [5, 5.41) is -0.137. The smallest absolute Gasteiger partial charge is 0.142 e. The first kappa shape index (κ1) is 9.87. The Kier molecular flexibility index (Phi) is 2.24. The van der Waals surface area contributed by atoms with Crippen LogP contribution in [0.1, 0.15) is 18.4 Å². The Balaban J connectivity index is 2.35. The molecule has 1 aromatic carbocycles. The lowest BCUT2D eigenvalue weighted by atomic mass is 10.0. The van der Waals surface area contributed by atoms with Crippen molar-refractivity contribution in [1.82, 2.24) is 0 Å². The zero-order valence-corrected chi connectivity index (χ0v) is 8.24. The molecular weight excluding hydrogens is 208 g/mol. The SMILES string of the molecule is NC1(Cc2c(F)ccc(F)c2Cl)CC1. The quantitative estimate of drug-likeness (QED) is 0.758. The zero-order valence-electron chi connectivity index (χ0n) is 7.49. The van der Waals surface area contributed by atoms with E-state index in [0.717, 1.165) is 25.0 Å². The van der Waals surface area contributed by atoms with Gasteiger partial charge in [0.15, 0.2) is 0 Å². The maximum Gasteiger partial charge on any atom is 0.142 e. The Morgan fingerprint density at radius 1 is 1.29 bits per heavy atom. The standard InChI is InChI=1S/C10H10ClF2N/c11-9-6(5-10(14)3-4-10)7(12)1-2-8(9)13/h1-2H,3-5,14H2. The second-order valence-electron chi connectivity index (χ2n) is 3.86. The molecule has 14 heavy (non-hydrogen) atoms. The van der Waals surface area contributed by atoms with E-state index in [1.165, 1.54) is 0 Å². The molecule has 0 heterocycles. The van der Waals surface area contributed by atoms with Crippen molar-refractivity contribution < 1.29 is 8.78 Å². The highest BCUT2D eigenvalue weighted by atomic mass is 35.5. The van der Waals surface area contributed by atoms with Crippen molar-refractivity contribution in [2.24, 2.45) is 5.73 Å². The van der Waals surface area contributed by atoms with Crippen LogP contribution in [0.4, 0.5) is 8.78 Å². The molecule has 2 N–H and O–H groups in total. The number of hydrogen-bond donors (Lipinski definition) is 1. The topological polar surface area (TPSA) is 26.0 Å². The van der Waals surface area contributed by atoms with Crippen LogP contribution in [0.15, 0.2) is 12.1 Å². The Bertz CT molecular complexity index is 375. The summed E-state index contributed by atoms with van der Waals surface area (Å²) in [5.74, 6) is -1.07. The molecule has 0 bridgehead atoms. The first-order chi connectivity index (χ1) is 6.52. The van der Waals surface area contributed by atoms with E-state index >= 15 is 0 Å². The molecule has 0 saturated heterocycles. The van der Waals surface area contributed by atoms with Crippen LogP contribution in [-0.4, -0.2) is 5.54 Å². The largest absolute Gasteiger partial charge is 0.325 e. The average Bonchev–Trinajstić information content (AvgIpc) is 2.86. The third-order valence-electron chi connectivity index (χ3n) is 2.56. The van der Waals surface area contributed by atoms with Gasteiger partial charge in [0.25, 0.3) is 0 Å². The van der Waals surface area contributed by atoms with Crippen LogP contribution in [0, 0.1) is 11.6 Å². The van der Waals surface area contributed by atoms with E-state index in [1.807, 2.05) is 0 Å². The predicted molar refractivity (Wildman–Crippen MR) is 51.2 cm³/mol. The van der Waals surface area contributed by atoms with Gasteiger partial charge in [-0.3, -0.25) is 0 Å². The lowest BCUT2D eigenvalue weighted by Crippen LogP contribution is -2.25. The van der Waals surface area contributed by atoms with Crippen LogP contribution in [-0.2, 0) is 6.42 Å². The molecule has 0 atom stereocenters. The van der Waals surface area contributed by atoms with Crippen molar-refractivity contribution >= 4 is 11.6 Å². The summed E-state index contributed by atoms with van der Waals surface area (Å²) in [7, 11) is 0. The average molecular weight is 218 g/mol. The van der Waals surface area contributed by atoms with Crippen molar-refractivity contribution in [3.05, 3.63) is 34.4 Å². The zero-order chi connectivity index (χ0) is 10.3. The third-order valence-corrected chi connectivity index (χ3v) is 2.97. The Hall–Kier alpha value is -0.670. The molecular formula is C10H10ClF2N. The van der Waals surface area contributed by atoms with Crippen molar-refractivity contribution in [3.63, 3.8) is 0 Å². The minimum absolute atomic E-state index is 0.137. The molecule has 4 heteroatoms. The minimum Gasteiger partial charge on any atom is -0.325 e. The van der Waals surface area contributed by atoms with Gasteiger partial charge in [-0.2, -0.15) is 0 Å². The molecule has 0 aromatic heterocycles. The fraction of sp³-hybridized carbons (Fsp3) is 0.400. The summed E-state index contributed by atoms with van der Waals surface area (Å²) in [6.07, 6.45) is 2.01. The molecule has 76 valence electrons. The van der Waals surface area contributed by atoms with Gasteiger partial charge in [-0.05, 0) is 31.4 Å². The van der Waals surface area contributed by atoms with E-state index in [0.29, 0.717) is 6.42 Å². The lowest BCUT2D eigenvalue weighted by Gasteiger charge is -2.11. The van der Waals surface area contributed by atoms with Crippen LogP contribution in [0.2, 0.25) is 5.02 Å². The molecule has 0 unspecified atom stereocenters. The number of halogens is 3. The molecule has 2 rings (SSSR count). The van der Waals surface area contributed by atoms with Crippen molar-refractivity contribution in [2.45, 2.75) is 24.8 Å². The highest BCUT2D eigenvalue weighted by molar-refractivity contribution is 6.31. The summed E-state index contributed by atoms with van der Waals surface area (Å²) >= 11 is 5.66. The molecule has 0 spiro atoms. The van der Waals surface area contributed by atoms with E-state index in [9.17, 15) is 8.78 Å². The van der Waals surface area contributed by atoms with Gasteiger partial charge in [0, 0.05) is 11.1 Å². The van der Waals surface area contributed by atoms with Gasteiger partial charge in [-0.15, -0.1) is 0 Å². The maximum atomic E-state index is 13.3. The fourth-order valence-electron chi connectivity index (χ4n) is 1.42. The lowest BCUT2D eigenvalue weighted by molar-refractivity contribution is 0.565. The monoisotopic (exact) mass is 217 g/mol. The number of nitrogens with two attached hydrogens (primary N) is 1. The molecule has 1 aliphatic rings. The first-order valence-corrected chi connectivity index (χ1v) is 4.81. The minimum atomic E-state index is -0.590. The number of rotatable bonds is 2. The summed E-state index contributed by atoms with van der Waals surface area (Å²) in [5.41, 5.74) is 5.66. The van der Waals surface area contributed by atoms with Gasteiger partial charge >= 0.3 is 0 Å². The Morgan fingerprint density at radius 2 is 1.86 bits per heavy atom. The van der Waals surface area contributed by atoms with Gasteiger partial charge in [0.05, 0.1) is 5.02 Å². The van der Waals surface area contributed by atoms with Gasteiger partial charge in [-0.25, -0.2) is 8.78 Å². The summed E-state index contributed by atoms with van der Waals surface area (Å²) < 4.78 is 26.3. The van der Waals surface area contributed by atoms with Crippen LogP contribution < -0.4 is 5.73 Å². The first-order valence-electron chi connectivity index (χ1n) is 4.43. The van der Waals surface area contributed by atoms with Gasteiger partial charge in [0.1, 0.15) is 11.6 Å². The van der Waals surface area contributed by atoms with E-state index in [2.05, 4.69) is 0 Å². The number of benzene rings is 1.